The van der Waals surface area contributed by atoms with Crippen LogP contribution in [0.3, 0.4) is 0 Å². The average Bonchev–Trinajstić information content (AvgIpc) is 3.35. The second-order valence-electron chi connectivity index (χ2n) is 13.1. The van der Waals surface area contributed by atoms with Crippen LogP contribution in [0.25, 0.3) is 28.2 Å². The van der Waals surface area contributed by atoms with Gasteiger partial charge in [0.25, 0.3) is 11.8 Å². The molecule has 47 heavy (non-hydrogen) atoms. The number of fused-ring (bicyclic) bond motifs is 5. The van der Waals surface area contributed by atoms with E-state index in [0.29, 0.717) is 70.5 Å². The molecule has 2 saturated heterocycles. The Morgan fingerprint density at radius 2 is 1.68 bits per heavy atom. The Hall–Kier alpha value is -3.71. The van der Waals surface area contributed by atoms with Crippen LogP contribution in [0.2, 0.25) is 0 Å². The molecule has 0 bridgehead atoms. The minimum atomic E-state index is -4.00. The lowest BCUT2D eigenvalue weighted by Crippen LogP contribution is -2.52. The molecule has 1 aliphatic carbocycles. The molecule has 250 valence electrons. The van der Waals surface area contributed by atoms with Gasteiger partial charge < -0.3 is 23.8 Å². The van der Waals surface area contributed by atoms with Crippen molar-refractivity contribution in [2.75, 3.05) is 66.6 Å². The number of likely N-dealkylation sites (N-methyl/N-ethyl adjacent to an activating group) is 1. The summed E-state index contributed by atoms with van der Waals surface area (Å²) in [6.45, 7) is 4.22. The van der Waals surface area contributed by atoms with Gasteiger partial charge in [0.15, 0.2) is 0 Å². The highest BCUT2D eigenvalue weighted by Crippen LogP contribution is 2.45. The normalized spacial score (nSPS) is 19.9. The van der Waals surface area contributed by atoms with Gasteiger partial charge in [0.2, 0.25) is 0 Å². The summed E-state index contributed by atoms with van der Waals surface area (Å²) in [6.07, 6.45) is 7.78. The molecule has 0 atom stereocenters. The van der Waals surface area contributed by atoms with Crippen molar-refractivity contribution in [2.45, 2.75) is 44.6 Å². The molecular weight excluding hydrogens is 618 g/mol. The Morgan fingerprint density at radius 1 is 0.936 bits per heavy atom. The molecule has 3 aromatic rings. The maximum Gasteiger partial charge on any atom is 0.304 e. The Morgan fingerprint density at radius 3 is 2.40 bits per heavy atom. The first-order valence-corrected chi connectivity index (χ1v) is 18.1. The first-order chi connectivity index (χ1) is 22.7. The number of hydrogen-bond acceptors (Lipinski definition) is 7. The fourth-order valence-electron chi connectivity index (χ4n) is 7.47. The molecule has 0 spiro atoms. The van der Waals surface area contributed by atoms with Crippen molar-refractivity contribution in [1.29, 1.82) is 0 Å². The zero-order chi connectivity index (χ0) is 32.7. The van der Waals surface area contributed by atoms with Gasteiger partial charge in [-0.3, -0.25) is 9.59 Å². The molecule has 2 amide bonds. The van der Waals surface area contributed by atoms with Crippen molar-refractivity contribution >= 4 is 39.0 Å². The molecule has 4 heterocycles. The van der Waals surface area contributed by atoms with Gasteiger partial charge in [-0.05, 0) is 73.3 Å². The molecular formula is C35H43N5O6S. The van der Waals surface area contributed by atoms with Crippen LogP contribution < -0.4 is 9.46 Å². The molecule has 12 heteroatoms. The molecule has 1 N–H and O–H groups in total. The smallest absolute Gasteiger partial charge is 0.304 e. The number of rotatable bonds is 6. The lowest BCUT2D eigenvalue weighted by molar-refractivity contribution is -0.131. The van der Waals surface area contributed by atoms with Crippen LogP contribution in [0.15, 0.2) is 42.0 Å². The fraction of sp³-hybridized carbons (Fsp3) is 0.486. The summed E-state index contributed by atoms with van der Waals surface area (Å²) >= 11 is 0. The monoisotopic (exact) mass is 661 g/mol. The molecule has 4 aliphatic rings. The van der Waals surface area contributed by atoms with Gasteiger partial charge in [0.05, 0.1) is 32.6 Å². The van der Waals surface area contributed by atoms with Crippen LogP contribution in [0.4, 0.5) is 0 Å². The van der Waals surface area contributed by atoms with E-state index >= 15 is 0 Å². The van der Waals surface area contributed by atoms with E-state index in [2.05, 4.69) is 26.3 Å². The van der Waals surface area contributed by atoms with E-state index < -0.39 is 16.1 Å². The number of ether oxygens (including phenoxy) is 2. The summed E-state index contributed by atoms with van der Waals surface area (Å²) < 4.78 is 43.3. The maximum atomic E-state index is 14.0. The summed E-state index contributed by atoms with van der Waals surface area (Å²) in [6, 6.07) is 11.6. The van der Waals surface area contributed by atoms with Crippen LogP contribution >= 0.6 is 0 Å². The number of carbonyl (C=O) groups excluding carboxylic acids is 2. The van der Waals surface area contributed by atoms with Crippen molar-refractivity contribution in [2.24, 2.45) is 0 Å². The Kier molecular flexibility index (Phi) is 8.86. The average molecular weight is 662 g/mol. The van der Waals surface area contributed by atoms with Gasteiger partial charge in [0.1, 0.15) is 5.75 Å². The topological polar surface area (TPSA) is 113 Å². The predicted octanol–water partition coefficient (Wildman–Crippen LogP) is 3.84. The van der Waals surface area contributed by atoms with Gasteiger partial charge in [-0.1, -0.05) is 25.3 Å². The van der Waals surface area contributed by atoms with Crippen molar-refractivity contribution in [3.8, 4) is 17.0 Å². The van der Waals surface area contributed by atoms with Crippen LogP contribution in [0, 0.1) is 0 Å². The van der Waals surface area contributed by atoms with Gasteiger partial charge in [-0.15, -0.1) is 0 Å². The van der Waals surface area contributed by atoms with Gasteiger partial charge >= 0.3 is 10.2 Å². The zero-order valence-corrected chi connectivity index (χ0v) is 28.0. The summed E-state index contributed by atoms with van der Waals surface area (Å²) in [7, 11) is -0.370. The number of morpholine rings is 1. The quantitative estimate of drug-likeness (QED) is 0.427. The fourth-order valence-corrected chi connectivity index (χ4v) is 8.59. The molecule has 1 aromatic heterocycles. The van der Waals surface area contributed by atoms with Gasteiger partial charge in [-0.2, -0.15) is 12.7 Å². The van der Waals surface area contributed by atoms with E-state index in [4.69, 9.17) is 9.47 Å². The number of benzene rings is 2. The van der Waals surface area contributed by atoms with Gasteiger partial charge in [-0.25, -0.2) is 4.72 Å². The van der Waals surface area contributed by atoms with E-state index in [1.165, 1.54) is 29.1 Å². The Labute approximate surface area is 276 Å². The number of nitrogens with zero attached hydrogens (tertiary/aromatic N) is 4. The molecule has 7 rings (SSSR count). The standard InChI is InChI=1S/C35H43N5O6S/c1-37-10-12-39(13-11-37)47(43,44)36-34(41)26-9-8-25-20-32-33-27(19-29(45-2)22-30(33)24-6-4-3-5-7-24)18-28(23-40(32)31(25)21-26)35(42)38-14-16-46-17-15-38/h8-9,18-22,24H,3-7,10-17,23H2,1-2H3,(H,36,41). The number of hydrogen-bond donors (Lipinski definition) is 1. The molecule has 11 nitrogen and oxygen atoms in total. The second kappa shape index (κ2) is 13.1. The first-order valence-electron chi connectivity index (χ1n) is 16.7. The van der Waals surface area contributed by atoms with E-state index in [1.807, 2.05) is 30.2 Å². The minimum Gasteiger partial charge on any atom is -0.497 e. The van der Waals surface area contributed by atoms with Crippen LogP contribution in [-0.4, -0.2) is 106 Å². The van der Waals surface area contributed by atoms with E-state index in [0.717, 1.165) is 46.3 Å². The van der Waals surface area contributed by atoms with Crippen LogP contribution in [0.5, 0.6) is 5.75 Å². The highest BCUT2D eigenvalue weighted by Gasteiger charge is 2.31. The summed E-state index contributed by atoms with van der Waals surface area (Å²) in [5.41, 5.74) is 5.87. The Balaban J connectivity index is 1.33. The number of carbonyl (C=O) groups is 2. The predicted molar refractivity (Wildman–Crippen MR) is 181 cm³/mol. The van der Waals surface area contributed by atoms with Crippen molar-refractivity contribution in [1.82, 2.24) is 23.4 Å². The first kappa shape index (κ1) is 31.9. The van der Waals surface area contributed by atoms with Crippen LogP contribution in [0.1, 0.15) is 59.5 Å². The molecule has 0 radical (unpaired) electrons. The SMILES string of the molecule is COc1cc2c(c(C3CCCCC3)c1)-c1cc3ccc(C(=O)NS(=O)(=O)N4CCN(C)CC4)cc3n1CC(C(=O)N1CCOCC1)=C2. The van der Waals surface area contributed by atoms with Crippen molar-refractivity contribution < 1.29 is 27.5 Å². The highest BCUT2D eigenvalue weighted by atomic mass is 32.2. The number of amides is 2. The van der Waals surface area contributed by atoms with Crippen molar-refractivity contribution in [3.05, 3.63) is 58.7 Å². The second-order valence-corrected chi connectivity index (χ2v) is 14.8. The summed E-state index contributed by atoms with van der Waals surface area (Å²) in [5, 5.41) is 0.912. The summed E-state index contributed by atoms with van der Waals surface area (Å²) in [4.78, 5) is 31.4. The van der Waals surface area contributed by atoms with E-state index in [9.17, 15) is 18.0 Å². The largest absolute Gasteiger partial charge is 0.497 e. The number of piperazine rings is 1. The lowest BCUT2D eigenvalue weighted by Gasteiger charge is -2.31. The van der Waals surface area contributed by atoms with Crippen molar-refractivity contribution in [3.63, 3.8) is 0 Å². The third-order valence-electron chi connectivity index (χ3n) is 10.1. The number of methoxy groups -OCH3 is 1. The molecule has 1 saturated carbocycles. The van der Waals surface area contributed by atoms with Gasteiger partial charge in [0, 0.05) is 66.9 Å². The number of aromatic nitrogens is 1. The molecule has 3 fully saturated rings. The molecule has 2 aromatic carbocycles. The summed E-state index contributed by atoms with van der Waals surface area (Å²) in [5.74, 6) is 0.417. The molecule has 3 aliphatic heterocycles. The number of nitrogens with one attached hydrogen (secondary N) is 1. The third kappa shape index (κ3) is 6.31. The minimum absolute atomic E-state index is 0.0387. The lowest BCUT2D eigenvalue weighted by atomic mass is 9.80. The highest BCUT2D eigenvalue weighted by molar-refractivity contribution is 7.87. The molecule has 0 unspecified atom stereocenters. The van der Waals surface area contributed by atoms with E-state index in [-0.39, 0.29) is 11.5 Å². The van der Waals surface area contributed by atoms with Crippen LogP contribution in [-0.2, 0) is 26.3 Å². The Bertz CT molecular complexity index is 1830. The maximum absolute atomic E-state index is 14.0. The zero-order valence-electron chi connectivity index (χ0n) is 27.2. The third-order valence-corrected chi connectivity index (χ3v) is 11.6. The van der Waals surface area contributed by atoms with E-state index in [1.54, 1.807) is 19.2 Å².